The fraction of sp³-hybridized carbons (Fsp3) is 0.0909. The van der Waals surface area contributed by atoms with Crippen LogP contribution in [-0.4, -0.2) is 12.8 Å². The van der Waals surface area contributed by atoms with Gasteiger partial charge < -0.3 is 0 Å². The van der Waals surface area contributed by atoms with Crippen molar-refractivity contribution in [3.05, 3.63) is 104 Å². The first-order valence-electron chi connectivity index (χ1n) is 7.98. The Kier molecular flexibility index (Phi) is 5.65. The van der Waals surface area contributed by atoms with Gasteiger partial charge in [-0.2, -0.15) is 0 Å². The Morgan fingerprint density at radius 1 is 0.667 bits per heavy atom. The summed E-state index contributed by atoms with van der Waals surface area (Å²) in [6, 6.07) is 32.8. The Morgan fingerprint density at radius 2 is 0.958 bits per heavy atom. The van der Waals surface area contributed by atoms with Crippen molar-refractivity contribution in [3.8, 4) is 0 Å². The van der Waals surface area contributed by atoms with Gasteiger partial charge >= 0.3 is 139 Å². The van der Waals surface area contributed by atoms with E-state index < -0.39 is 6.60 Å². The Hall–Kier alpha value is -1.88. The second-order valence-corrected chi connectivity index (χ2v) is 11.8. The molecule has 24 heavy (non-hydrogen) atoms. The summed E-state index contributed by atoms with van der Waals surface area (Å²) in [7, 11) is 0. The number of hydrogen-bond donors (Lipinski definition) is 0. The molecule has 124 valence electrons. The van der Waals surface area contributed by atoms with Crippen molar-refractivity contribution in [2.45, 2.75) is 0 Å². The first-order valence-corrected chi connectivity index (χ1v) is 10.9. The van der Waals surface area contributed by atoms with Gasteiger partial charge in [0.1, 0.15) is 0 Å². The fourth-order valence-electron chi connectivity index (χ4n) is 3.58. The Bertz CT molecular complexity index is 683. The predicted molar refractivity (Wildman–Crippen MR) is 113 cm³/mol. The van der Waals surface area contributed by atoms with E-state index in [1.165, 1.54) is 15.9 Å². The smallest absolute Gasteiger partial charge is 0.147 e. The molecule has 0 aliphatic heterocycles. The quantitative estimate of drug-likeness (QED) is 0.458. The molecule has 0 aliphatic rings. The number of halogens is 1. The van der Waals surface area contributed by atoms with Gasteiger partial charge in [0.2, 0.25) is 0 Å². The first-order chi connectivity index (χ1) is 11.2. The van der Waals surface area contributed by atoms with Crippen molar-refractivity contribution in [1.82, 2.24) is 0 Å². The SMILES string of the molecule is C=CCP(C)(c1ccccc1)(c1ccccc1)c1ccccc1.Cl. The summed E-state index contributed by atoms with van der Waals surface area (Å²) in [5.74, 6) is 0. The van der Waals surface area contributed by atoms with Crippen LogP contribution in [0.2, 0.25) is 0 Å². The molecule has 0 atom stereocenters. The molecule has 0 nitrogen and oxygen atoms in total. The van der Waals surface area contributed by atoms with Crippen LogP contribution in [0.3, 0.4) is 0 Å². The van der Waals surface area contributed by atoms with E-state index >= 15 is 0 Å². The van der Waals surface area contributed by atoms with Crippen LogP contribution in [0.4, 0.5) is 0 Å². The molecule has 3 rings (SSSR count). The van der Waals surface area contributed by atoms with Crippen LogP contribution in [-0.2, 0) is 0 Å². The third-order valence-electron chi connectivity index (χ3n) is 4.95. The van der Waals surface area contributed by atoms with Gasteiger partial charge in [0.25, 0.3) is 0 Å². The molecule has 0 aliphatic carbocycles. The number of rotatable bonds is 5. The van der Waals surface area contributed by atoms with Crippen molar-refractivity contribution >= 4 is 34.9 Å². The molecule has 3 aromatic rings. The largest absolute Gasteiger partial charge is 0.147 e. The molecule has 0 bridgehead atoms. The molecule has 0 aromatic heterocycles. The summed E-state index contributed by atoms with van der Waals surface area (Å²) in [5.41, 5.74) is 0. The first kappa shape index (κ1) is 18.5. The van der Waals surface area contributed by atoms with Gasteiger partial charge in [0, 0.05) is 0 Å². The van der Waals surface area contributed by atoms with Crippen molar-refractivity contribution in [2.75, 3.05) is 12.8 Å². The maximum Gasteiger partial charge on any atom is -0.147 e. The molecule has 0 saturated heterocycles. The molecule has 0 N–H and O–H groups in total. The molecular weight excluding hydrogens is 331 g/mol. The van der Waals surface area contributed by atoms with Crippen molar-refractivity contribution in [3.63, 3.8) is 0 Å². The average Bonchev–Trinajstić information content (AvgIpc) is 2.64. The minimum Gasteiger partial charge on any atom is -0.147 e. The summed E-state index contributed by atoms with van der Waals surface area (Å²) < 4.78 is 0. The van der Waals surface area contributed by atoms with Gasteiger partial charge in [-0.3, -0.25) is 0 Å². The van der Waals surface area contributed by atoms with Crippen LogP contribution in [0.5, 0.6) is 0 Å². The van der Waals surface area contributed by atoms with Gasteiger partial charge in [-0.05, 0) is 0 Å². The zero-order valence-corrected chi connectivity index (χ0v) is 15.7. The summed E-state index contributed by atoms with van der Waals surface area (Å²) in [4.78, 5) is 0. The van der Waals surface area contributed by atoms with Crippen molar-refractivity contribution < 1.29 is 0 Å². The van der Waals surface area contributed by atoms with Crippen LogP contribution in [0.15, 0.2) is 104 Å². The molecule has 3 aromatic carbocycles. The van der Waals surface area contributed by atoms with Crippen LogP contribution >= 0.6 is 19.0 Å². The summed E-state index contributed by atoms with van der Waals surface area (Å²) in [6.45, 7) is 4.02. The summed E-state index contributed by atoms with van der Waals surface area (Å²) >= 11 is 0. The zero-order valence-electron chi connectivity index (χ0n) is 14.0. The standard InChI is InChI=1S/C22H23P.ClH/c1-3-19-23(2,20-13-7-4-8-14-20,21-15-9-5-10-16-21)22-17-11-6-12-18-22;/h3-18H,1,19H2,2H3;1H. The number of allylic oxidation sites excluding steroid dienone is 1. The average molecular weight is 355 g/mol. The predicted octanol–water partition coefficient (Wildman–Crippen LogP) is 4.75. The van der Waals surface area contributed by atoms with E-state index in [0.717, 1.165) is 6.16 Å². The van der Waals surface area contributed by atoms with Crippen LogP contribution in [0.1, 0.15) is 0 Å². The number of benzene rings is 3. The molecule has 0 amide bonds. The fourth-order valence-corrected chi connectivity index (χ4v) is 8.69. The van der Waals surface area contributed by atoms with Gasteiger partial charge in [-0.25, -0.2) is 0 Å². The van der Waals surface area contributed by atoms with Crippen molar-refractivity contribution in [1.29, 1.82) is 0 Å². The van der Waals surface area contributed by atoms with E-state index in [1.54, 1.807) is 0 Å². The van der Waals surface area contributed by atoms with Crippen LogP contribution < -0.4 is 15.9 Å². The van der Waals surface area contributed by atoms with E-state index in [9.17, 15) is 0 Å². The van der Waals surface area contributed by atoms with E-state index in [2.05, 4.69) is 110 Å². The minimum atomic E-state index is -2.55. The monoisotopic (exact) mass is 354 g/mol. The van der Waals surface area contributed by atoms with Gasteiger partial charge in [0.15, 0.2) is 0 Å². The maximum atomic E-state index is 4.10. The van der Waals surface area contributed by atoms with Gasteiger partial charge in [0.05, 0.1) is 0 Å². The summed E-state index contributed by atoms with van der Waals surface area (Å²) in [6.07, 6.45) is 3.05. The van der Waals surface area contributed by atoms with Crippen LogP contribution in [0, 0.1) is 0 Å². The summed E-state index contributed by atoms with van der Waals surface area (Å²) in [5, 5.41) is 4.24. The van der Waals surface area contributed by atoms with E-state index in [0.29, 0.717) is 0 Å². The van der Waals surface area contributed by atoms with Gasteiger partial charge in [-0.1, -0.05) is 0 Å². The topological polar surface area (TPSA) is 0 Å². The Balaban J connectivity index is 0.00000208. The number of hydrogen-bond acceptors (Lipinski definition) is 0. The second kappa shape index (κ2) is 7.34. The molecule has 0 unspecified atom stereocenters. The van der Waals surface area contributed by atoms with E-state index in [1.807, 2.05) is 0 Å². The zero-order chi connectivity index (χ0) is 16.2. The van der Waals surface area contributed by atoms with Crippen molar-refractivity contribution in [2.24, 2.45) is 0 Å². The molecule has 0 heterocycles. The molecule has 0 saturated carbocycles. The molecule has 0 fully saturated rings. The Morgan fingerprint density at radius 3 is 1.21 bits per heavy atom. The molecular formula is C22H24ClP. The van der Waals surface area contributed by atoms with E-state index in [-0.39, 0.29) is 12.4 Å². The maximum absolute atomic E-state index is 4.10. The molecule has 2 heteroatoms. The Labute approximate surface area is 151 Å². The molecule has 0 spiro atoms. The van der Waals surface area contributed by atoms with Crippen LogP contribution in [0.25, 0.3) is 0 Å². The molecule has 0 radical (unpaired) electrons. The second-order valence-electron chi connectivity index (χ2n) is 6.27. The third kappa shape index (κ3) is 2.81. The normalized spacial score (nSPS) is 12.5. The third-order valence-corrected chi connectivity index (χ3v) is 11.2. The van der Waals surface area contributed by atoms with E-state index in [4.69, 9.17) is 0 Å². The minimum absolute atomic E-state index is 0. The van der Waals surface area contributed by atoms with Gasteiger partial charge in [-0.15, -0.1) is 12.4 Å².